The summed E-state index contributed by atoms with van der Waals surface area (Å²) in [6.45, 7) is 0.818. The monoisotopic (exact) mass is 802 g/mol. The molecule has 0 spiro atoms. The van der Waals surface area contributed by atoms with Crippen molar-refractivity contribution in [3.8, 4) is 12.1 Å². The highest BCUT2D eigenvalue weighted by Gasteiger charge is 2.46. The largest absolute Gasteiger partial charge is 0.472 e. The van der Waals surface area contributed by atoms with Gasteiger partial charge in [-0.25, -0.2) is 18.5 Å². The number of fused-ring (bicyclic) bond motifs is 1. The van der Waals surface area contributed by atoms with Crippen molar-refractivity contribution in [2.75, 3.05) is 26.1 Å². The predicted octanol–water partition coefficient (Wildman–Crippen LogP) is 8.00. The lowest BCUT2D eigenvalue weighted by atomic mass is 9.93. The van der Waals surface area contributed by atoms with Gasteiger partial charge in [0.1, 0.15) is 42.5 Å². The van der Waals surface area contributed by atoms with Gasteiger partial charge in [-0.2, -0.15) is 15.6 Å². The zero-order chi connectivity index (χ0) is 40.8. The Morgan fingerprint density at radius 3 is 2.11 bits per heavy atom. The van der Waals surface area contributed by atoms with Gasteiger partial charge in [0.25, 0.3) is 0 Å². The Kier molecular flexibility index (Phi) is 20.9. The van der Waals surface area contributed by atoms with Crippen LogP contribution < -0.4 is 5.73 Å². The highest BCUT2D eigenvalue weighted by molar-refractivity contribution is 7.47. The third-order valence-electron chi connectivity index (χ3n) is 9.96. The lowest BCUT2D eigenvalue weighted by molar-refractivity contribution is -0.134. The molecule has 14 nitrogen and oxygen atoms in total. The number of rotatable bonds is 30. The number of aliphatic hydroxyl groups excluding tert-OH is 2. The number of nitrogens with two attached hydrogens (primary N) is 1. The number of phosphoric acid groups is 1. The van der Waals surface area contributed by atoms with Crippen molar-refractivity contribution < 1.29 is 42.6 Å². The SMILES string of the molecule is CCCCCCCCCCCCCCCCCC[C@@H](COP(=O)(O)OC[C@@](C#N)(OC)[C@@H](O)[C@@H](O)c1ccc2c(N)ncnn12)OCc1cc(F)cc(C#N)c1. The molecule has 0 saturated carbocycles. The van der Waals surface area contributed by atoms with Crippen LogP contribution in [0.1, 0.15) is 139 Å². The molecule has 1 unspecified atom stereocenters. The van der Waals surface area contributed by atoms with Gasteiger partial charge in [0.2, 0.25) is 5.60 Å². The van der Waals surface area contributed by atoms with Crippen LogP contribution in [0, 0.1) is 28.5 Å². The number of nitrogen functional groups attached to an aromatic ring is 1. The summed E-state index contributed by atoms with van der Waals surface area (Å²) < 4.78 is 50.1. The molecule has 0 aliphatic heterocycles. The molecule has 3 rings (SSSR count). The Morgan fingerprint density at radius 1 is 0.929 bits per heavy atom. The van der Waals surface area contributed by atoms with E-state index in [0.29, 0.717) is 17.5 Å². The average Bonchev–Trinajstić information content (AvgIpc) is 3.64. The van der Waals surface area contributed by atoms with Crippen molar-refractivity contribution in [3.05, 3.63) is 59.3 Å². The quantitative estimate of drug-likeness (QED) is 0.0371. The highest BCUT2D eigenvalue weighted by atomic mass is 31.2. The zero-order valence-electron chi connectivity index (χ0n) is 32.9. The van der Waals surface area contributed by atoms with Crippen molar-refractivity contribution in [1.82, 2.24) is 14.6 Å². The van der Waals surface area contributed by atoms with Crippen LogP contribution in [0.4, 0.5) is 10.2 Å². The molecule has 0 saturated heterocycles. The summed E-state index contributed by atoms with van der Waals surface area (Å²) in [5, 5.41) is 45.4. The van der Waals surface area contributed by atoms with Crippen LogP contribution in [0.5, 0.6) is 0 Å². The number of ether oxygens (including phenoxy) is 2. The van der Waals surface area contributed by atoms with Crippen molar-refractivity contribution in [1.29, 1.82) is 10.5 Å². The molecule has 2 heterocycles. The number of hydrogen-bond donors (Lipinski definition) is 4. The maximum Gasteiger partial charge on any atom is 0.472 e. The molecule has 0 bridgehead atoms. The molecule has 5 atom stereocenters. The van der Waals surface area contributed by atoms with Gasteiger partial charge in [-0.1, -0.05) is 110 Å². The standard InChI is InChI=1S/C40H60FN6O8P/c1-3-4-5-6-7-8-9-10-11-12-13-14-15-16-17-18-19-34(53-26-32-22-31(25-42)23-33(41)24-32)27-54-56(50,51)55-29-40(28-43,52-2)38(49)37(48)35-20-21-36-39(44)45-30-46-47(35)36/h20-24,30,34,37-38,48-49H,3-19,26-27,29H2,1-2H3,(H,50,51)(H2,44,45,46)/t34-,37-,38-,40+/m0/s1. The van der Waals surface area contributed by atoms with Gasteiger partial charge < -0.3 is 30.3 Å². The van der Waals surface area contributed by atoms with E-state index in [2.05, 4.69) is 17.0 Å². The molecule has 16 heteroatoms. The summed E-state index contributed by atoms with van der Waals surface area (Å²) in [5.41, 5.74) is 4.49. The maximum absolute atomic E-state index is 14.1. The minimum absolute atomic E-state index is 0.0518. The number of benzene rings is 1. The van der Waals surface area contributed by atoms with E-state index in [1.807, 2.05) is 6.07 Å². The molecular weight excluding hydrogens is 742 g/mol. The van der Waals surface area contributed by atoms with Gasteiger partial charge in [-0.15, -0.1) is 0 Å². The van der Waals surface area contributed by atoms with E-state index in [-0.39, 0.29) is 30.3 Å². The van der Waals surface area contributed by atoms with E-state index in [1.165, 1.54) is 106 Å². The molecule has 0 radical (unpaired) electrons. The van der Waals surface area contributed by atoms with Crippen LogP contribution >= 0.6 is 7.82 Å². The summed E-state index contributed by atoms with van der Waals surface area (Å²) in [5.74, 6) is -0.469. The van der Waals surface area contributed by atoms with E-state index in [1.54, 1.807) is 6.07 Å². The summed E-state index contributed by atoms with van der Waals surface area (Å²) in [6.07, 6.45) is 16.6. The van der Waals surface area contributed by atoms with Gasteiger partial charge >= 0.3 is 7.82 Å². The topological polar surface area (TPSA) is 218 Å². The molecule has 3 aromatic rings. The number of anilines is 1. The van der Waals surface area contributed by atoms with E-state index < -0.39 is 44.2 Å². The fourth-order valence-electron chi connectivity index (χ4n) is 6.56. The molecule has 0 aliphatic carbocycles. The second kappa shape index (κ2) is 25.0. The summed E-state index contributed by atoms with van der Waals surface area (Å²) >= 11 is 0. The molecule has 0 fully saturated rings. The van der Waals surface area contributed by atoms with Crippen molar-refractivity contribution >= 4 is 19.2 Å². The van der Waals surface area contributed by atoms with E-state index in [4.69, 9.17) is 24.3 Å². The number of phosphoric ester groups is 1. The van der Waals surface area contributed by atoms with Crippen LogP contribution in [0.3, 0.4) is 0 Å². The molecule has 2 aromatic heterocycles. The third kappa shape index (κ3) is 15.4. The number of aliphatic hydroxyl groups is 2. The fourth-order valence-corrected chi connectivity index (χ4v) is 7.35. The second-order valence-electron chi connectivity index (χ2n) is 14.3. The van der Waals surface area contributed by atoms with E-state index in [9.17, 15) is 34.6 Å². The van der Waals surface area contributed by atoms with Gasteiger partial charge in [-0.3, -0.25) is 9.05 Å². The first-order valence-electron chi connectivity index (χ1n) is 19.8. The van der Waals surface area contributed by atoms with Gasteiger partial charge in [0.15, 0.2) is 5.82 Å². The Hall–Kier alpha value is -3.50. The molecule has 0 aliphatic rings. The van der Waals surface area contributed by atoms with Crippen LogP contribution in [-0.4, -0.2) is 67.8 Å². The smallest absolute Gasteiger partial charge is 0.386 e. The molecule has 1 aromatic carbocycles. The maximum atomic E-state index is 14.1. The lowest BCUT2D eigenvalue weighted by Crippen LogP contribution is -2.50. The number of hydrogen-bond acceptors (Lipinski definition) is 12. The third-order valence-corrected chi connectivity index (χ3v) is 10.9. The number of unbranched alkanes of at least 4 members (excludes halogenated alkanes) is 15. The number of nitriles is 2. The van der Waals surface area contributed by atoms with Crippen molar-refractivity contribution in [2.45, 2.75) is 147 Å². The summed E-state index contributed by atoms with van der Waals surface area (Å²) in [6, 6.07) is 10.5. The number of aromatic nitrogens is 3. The van der Waals surface area contributed by atoms with Crippen LogP contribution in [0.25, 0.3) is 5.52 Å². The number of methoxy groups -OCH3 is 1. The van der Waals surface area contributed by atoms with Crippen molar-refractivity contribution in [2.24, 2.45) is 0 Å². The lowest BCUT2D eigenvalue weighted by Gasteiger charge is -2.33. The fraction of sp³-hybridized carbons (Fsp3) is 0.650. The minimum atomic E-state index is -4.89. The molecule has 5 N–H and O–H groups in total. The van der Waals surface area contributed by atoms with Crippen LogP contribution in [-0.2, 0) is 29.7 Å². The number of nitrogens with zero attached hydrogens (tertiary/aromatic N) is 5. The summed E-state index contributed by atoms with van der Waals surface area (Å²) in [4.78, 5) is 14.5. The number of halogens is 1. The van der Waals surface area contributed by atoms with Crippen LogP contribution in [0.2, 0.25) is 0 Å². The van der Waals surface area contributed by atoms with Crippen LogP contribution in [0.15, 0.2) is 36.7 Å². The molecule has 0 amide bonds. The molecule has 56 heavy (non-hydrogen) atoms. The Bertz CT molecular complexity index is 1730. The molecule has 310 valence electrons. The Morgan fingerprint density at radius 2 is 1.54 bits per heavy atom. The zero-order valence-corrected chi connectivity index (χ0v) is 33.8. The van der Waals surface area contributed by atoms with E-state index >= 15 is 0 Å². The first kappa shape index (κ1) is 46.9. The molecular formula is C40H60FN6O8P. The van der Waals surface area contributed by atoms with E-state index in [0.717, 1.165) is 45.2 Å². The van der Waals surface area contributed by atoms with Crippen molar-refractivity contribution in [3.63, 3.8) is 0 Å². The van der Waals surface area contributed by atoms with Gasteiger partial charge in [0, 0.05) is 7.11 Å². The first-order valence-corrected chi connectivity index (χ1v) is 21.3. The Balaban J connectivity index is 1.50. The van der Waals surface area contributed by atoms with Gasteiger partial charge in [0.05, 0.1) is 36.6 Å². The van der Waals surface area contributed by atoms with Gasteiger partial charge in [-0.05, 0) is 42.3 Å². The minimum Gasteiger partial charge on any atom is -0.386 e. The normalized spacial score (nSPS) is 15.4. The predicted molar refractivity (Wildman–Crippen MR) is 209 cm³/mol. The average molecular weight is 803 g/mol. The Labute approximate surface area is 330 Å². The summed E-state index contributed by atoms with van der Waals surface area (Å²) in [7, 11) is -3.81. The highest BCUT2D eigenvalue weighted by Crippen LogP contribution is 2.45. The first-order chi connectivity index (χ1) is 27.0. The second-order valence-corrected chi connectivity index (χ2v) is 15.8.